The van der Waals surface area contributed by atoms with Crippen molar-refractivity contribution in [1.82, 2.24) is 15.1 Å². The van der Waals surface area contributed by atoms with Crippen LogP contribution in [0.15, 0.2) is 4.79 Å². The second kappa shape index (κ2) is 3.98. The molecule has 0 aliphatic carbocycles. The monoisotopic (exact) mass is 197 g/mol. The van der Waals surface area contributed by atoms with Crippen molar-refractivity contribution in [3.8, 4) is 0 Å². The third-order valence-electron chi connectivity index (χ3n) is 2.53. The average Bonchev–Trinajstić information content (AvgIpc) is 2.54. The van der Waals surface area contributed by atoms with Gasteiger partial charge in [0, 0.05) is 38.4 Å². The summed E-state index contributed by atoms with van der Waals surface area (Å²) in [5.74, 6) is 0. The Morgan fingerprint density at radius 1 is 1.50 bits per heavy atom. The molecule has 14 heavy (non-hydrogen) atoms. The Hall–Kier alpha value is -1.07. The number of hydrogen-bond donors (Lipinski definition) is 3. The summed E-state index contributed by atoms with van der Waals surface area (Å²) in [5.41, 5.74) is 1.96. The van der Waals surface area contributed by atoms with Gasteiger partial charge in [-0.3, -0.25) is 14.6 Å². The summed E-state index contributed by atoms with van der Waals surface area (Å²) in [4.78, 5) is 11.7. The summed E-state index contributed by atoms with van der Waals surface area (Å²) in [6, 6.07) is 0. The predicted octanol–water partition coefficient (Wildman–Crippen LogP) is -0.796. The van der Waals surface area contributed by atoms with Crippen LogP contribution < -0.4 is 10.9 Å². The minimum absolute atomic E-state index is 0.0562. The zero-order valence-electron chi connectivity index (χ0n) is 8.05. The summed E-state index contributed by atoms with van der Waals surface area (Å²) in [5, 5.41) is 14.9. The summed E-state index contributed by atoms with van der Waals surface area (Å²) >= 11 is 0. The third kappa shape index (κ3) is 1.60. The van der Waals surface area contributed by atoms with Gasteiger partial charge in [0.2, 0.25) is 0 Å². The molecular formula is C9H15N3O2. The van der Waals surface area contributed by atoms with E-state index in [1.165, 1.54) is 0 Å². The first-order valence-corrected chi connectivity index (χ1v) is 4.95. The molecule has 1 aliphatic rings. The Morgan fingerprint density at radius 2 is 2.36 bits per heavy atom. The van der Waals surface area contributed by atoms with E-state index in [2.05, 4.69) is 10.4 Å². The van der Waals surface area contributed by atoms with Crippen molar-refractivity contribution in [2.75, 3.05) is 13.2 Å². The van der Waals surface area contributed by atoms with Crippen LogP contribution in [0.5, 0.6) is 0 Å². The molecule has 1 aromatic rings. The van der Waals surface area contributed by atoms with Crippen molar-refractivity contribution in [3.63, 3.8) is 0 Å². The number of nitrogens with zero attached hydrogens (tertiary/aromatic N) is 1. The maximum Gasteiger partial charge on any atom is 0.271 e. The summed E-state index contributed by atoms with van der Waals surface area (Å²) < 4.78 is 1.59. The molecule has 5 heteroatoms. The summed E-state index contributed by atoms with van der Waals surface area (Å²) in [6.45, 7) is 2.28. The van der Waals surface area contributed by atoms with Crippen LogP contribution in [-0.2, 0) is 19.5 Å². The maximum absolute atomic E-state index is 11.7. The number of hydrogen-bond acceptors (Lipinski definition) is 3. The molecule has 2 heterocycles. The van der Waals surface area contributed by atoms with Crippen LogP contribution in [-0.4, -0.2) is 28.0 Å². The fraction of sp³-hybridized carbons (Fsp3) is 0.667. The number of aliphatic hydroxyl groups is 1. The zero-order valence-corrected chi connectivity index (χ0v) is 8.05. The summed E-state index contributed by atoms with van der Waals surface area (Å²) in [7, 11) is 0. The van der Waals surface area contributed by atoms with Gasteiger partial charge in [-0.05, 0) is 6.42 Å². The molecule has 0 bridgehead atoms. The van der Waals surface area contributed by atoms with E-state index in [-0.39, 0.29) is 12.2 Å². The molecule has 1 aromatic heterocycles. The van der Waals surface area contributed by atoms with Gasteiger partial charge in [0.05, 0.1) is 5.56 Å². The van der Waals surface area contributed by atoms with Gasteiger partial charge in [-0.2, -0.15) is 0 Å². The van der Waals surface area contributed by atoms with E-state index in [9.17, 15) is 4.79 Å². The molecule has 0 unspecified atom stereocenters. The van der Waals surface area contributed by atoms with E-state index in [0.29, 0.717) is 19.5 Å². The molecule has 78 valence electrons. The minimum Gasteiger partial charge on any atom is -0.396 e. The van der Waals surface area contributed by atoms with E-state index < -0.39 is 0 Å². The SMILES string of the molecule is O=c1c2c([nH]n1CCCO)CCNC2. The Balaban J connectivity index is 2.25. The number of fused-ring (bicyclic) bond motifs is 1. The van der Waals surface area contributed by atoms with Crippen LogP contribution in [0.1, 0.15) is 17.7 Å². The predicted molar refractivity (Wildman–Crippen MR) is 52.2 cm³/mol. The Bertz CT molecular complexity index is 367. The number of H-pyrrole nitrogens is 1. The van der Waals surface area contributed by atoms with Gasteiger partial charge < -0.3 is 10.4 Å². The second-order valence-electron chi connectivity index (χ2n) is 3.53. The lowest BCUT2D eigenvalue weighted by atomic mass is 10.1. The van der Waals surface area contributed by atoms with Gasteiger partial charge in [0.15, 0.2) is 0 Å². The second-order valence-corrected chi connectivity index (χ2v) is 3.53. The molecule has 0 spiro atoms. The fourth-order valence-electron chi connectivity index (χ4n) is 1.78. The average molecular weight is 197 g/mol. The largest absolute Gasteiger partial charge is 0.396 e. The Morgan fingerprint density at radius 3 is 3.07 bits per heavy atom. The van der Waals surface area contributed by atoms with Crippen LogP contribution in [0.2, 0.25) is 0 Å². The Labute approximate surface area is 81.7 Å². The van der Waals surface area contributed by atoms with Crippen LogP contribution in [0, 0.1) is 0 Å². The van der Waals surface area contributed by atoms with Crippen LogP contribution >= 0.6 is 0 Å². The van der Waals surface area contributed by atoms with Crippen LogP contribution in [0.25, 0.3) is 0 Å². The number of aromatic nitrogens is 2. The highest BCUT2D eigenvalue weighted by Gasteiger charge is 2.16. The first kappa shape index (κ1) is 9.48. The van der Waals surface area contributed by atoms with Crippen molar-refractivity contribution in [1.29, 1.82) is 0 Å². The van der Waals surface area contributed by atoms with E-state index in [4.69, 9.17) is 5.11 Å². The van der Waals surface area contributed by atoms with Crippen molar-refractivity contribution in [2.24, 2.45) is 0 Å². The first-order chi connectivity index (χ1) is 6.83. The molecule has 2 rings (SSSR count). The number of aromatic amines is 1. The number of rotatable bonds is 3. The molecule has 0 saturated carbocycles. The van der Waals surface area contributed by atoms with Crippen LogP contribution in [0.3, 0.4) is 0 Å². The molecule has 5 nitrogen and oxygen atoms in total. The third-order valence-corrected chi connectivity index (χ3v) is 2.53. The number of aryl methyl sites for hydroxylation is 1. The van der Waals surface area contributed by atoms with Crippen molar-refractivity contribution in [3.05, 3.63) is 21.6 Å². The quantitative estimate of drug-likeness (QED) is 0.594. The molecular weight excluding hydrogens is 182 g/mol. The smallest absolute Gasteiger partial charge is 0.271 e. The molecule has 0 fully saturated rings. The fourth-order valence-corrected chi connectivity index (χ4v) is 1.78. The van der Waals surface area contributed by atoms with E-state index in [1.807, 2.05) is 0 Å². The standard InChI is InChI=1S/C9H15N3O2/c13-5-1-4-12-9(14)7-6-10-3-2-8(7)11-12/h10-11,13H,1-6H2. The highest BCUT2D eigenvalue weighted by molar-refractivity contribution is 5.19. The van der Waals surface area contributed by atoms with Gasteiger partial charge >= 0.3 is 0 Å². The lowest BCUT2D eigenvalue weighted by Crippen LogP contribution is -2.27. The zero-order chi connectivity index (χ0) is 9.97. The lowest BCUT2D eigenvalue weighted by Gasteiger charge is -2.09. The highest BCUT2D eigenvalue weighted by Crippen LogP contribution is 2.06. The minimum atomic E-state index is 0.0562. The van der Waals surface area contributed by atoms with E-state index in [0.717, 1.165) is 24.2 Å². The van der Waals surface area contributed by atoms with Crippen molar-refractivity contribution < 1.29 is 5.11 Å². The normalized spacial score (nSPS) is 15.5. The molecule has 0 radical (unpaired) electrons. The molecule has 0 atom stereocenters. The van der Waals surface area contributed by atoms with Gasteiger partial charge in [-0.15, -0.1) is 0 Å². The van der Waals surface area contributed by atoms with E-state index in [1.54, 1.807) is 4.68 Å². The topological polar surface area (TPSA) is 70.0 Å². The lowest BCUT2D eigenvalue weighted by molar-refractivity contribution is 0.276. The van der Waals surface area contributed by atoms with Gasteiger partial charge in [-0.1, -0.05) is 0 Å². The molecule has 0 saturated heterocycles. The number of aliphatic hydroxyl groups excluding tert-OH is 1. The highest BCUT2D eigenvalue weighted by atomic mass is 16.3. The van der Waals surface area contributed by atoms with Crippen molar-refractivity contribution in [2.45, 2.75) is 25.9 Å². The summed E-state index contributed by atoms with van der Waals surface area (Å²) in [6.07, 6.45) is 1.50. The van der Waals surface area contributed by atoms with Gasteiger partial charge in [0.1, 0.15) is 0 Å². The number of nitrogens with one attached hydrogen (secondary N) is 2. The first-order valence-electron chi connectivity index (χ1n) is 4.95. The maximum atomic E-state index is 11.7. The van der Waals surface area contributed by atoms with Crippen molar-refractivity contribution >= 4 is 0 Å². The van der Waals surface area contributed by atoms with Gasteiger partial charge in [-0.25, -0.2) is 0 Å². The Kier molecular flexibility index (Phi) is 2.69. The molecule has 0 aromatic carbocycles. The molecule has 0 amide bonds. The van der Waals surface area contributed by atoms with Gasteiger partial charge in [0.25, 0.3) is 5.56 Å². The van der Waals surface area contributed by atoms with E-state index >= 15 is 0 Å². The molecule has 1 aliphatic heterocycles. The molecule has 3 N–H and O–H groups in total. The van der Waals surface area contributed by atoms with Crippen LogP contribution in [0.4, 0.5) is 0 Å².